The monoisotopic (exact) mass is 629 g/mol. The Morgan fingerprint density at radius 3 is 2.22 bits per heavy atom. The molecule has 0 fully saturated rings. The lowest BCUT2D eigenvalue weighted by atomic mass is 9.77. The first-order valence-corrected chi connectivity index (χ1v) is 16.6. The number of rotatable bonds is 5. The van der Waals surface area contributed by atoms with Gasteiger partial charge in [-0.05, 0) is 106 Å². The molecular weight excluding hydrogens is 599 g/mol. The van der Waals surface area contributed by atoms with E-state index in [1.54, 1.807) is 0 Å². The van der Waals surface area contributed by atoms with Crippen molar-refractivity contribution in [1.82, 2.24) is 0 Å². The maximum Gasteiger partial charge on any atom is 0.379 e. The fourth-order valence-corrected chi connectivity index (χ4v) is 7.27. The van der Waals surface area contributed by atoms with Gasteiger partial charge in [-0.2, -0.15) is 10.2 Å². The molecule has 230 valence electrons. The van der Waals surface area contributed by atoms with Gasteiger partial charge in [0.25, 0.3) is 0 Å². The van der Waals surface area contributed by atoms with Crippen LogP contribution in [0.25, 0.3) is 61.3 Å². The molecule has 2 N–H and O–H groups in total. The van der Waals surface area contributed by atoms with Crippen LogP contribution >= 0.6 is 0 Å². The van der Waals surface area contributed by atoms with Crippen molar-refractivity contribution in [2.24, 2.45) is 0 Å². The molecule has 0 aliphatic heterocycles. The van der Waals surface area contributed by atoms with Crippen LogP contribution in [0.4, 0.5) is 0 Å². The minimum atomic E-state index is 0.228. The lowest BCUT2D eigenvalue weighted by Crippen LogP contribution is -2.09. The molecule has 1 unspecified atom stereocenters. The van der Waals surface area contributed by atoms with E-state index in [0.29, 0.717) is 5.56 Å². The van der Waals surface area contributed by atoms with Crippen LogP contribution in [0.5, 0.6) is 0 Å². The maximum atomic E-state index is 10.1. The van der Waals surface area contributed by atoms with Crippen LogP contribution in [-0.2, 0) is 0 Å². The van der Waals surface area contributed by atoms with Crippen LogP contribution in [0.1, 0.15) is 40.2 Å². The molecule has 2 heterocycles. The van der Waals surface area contributed by atoms with E-state index in [-0.39, 0.29) is 5.92 Å². The van der Waals surface area contributed by atoms with Crippen molar-refractivity contribution in [3.8, 4) is 39.8 Å². The highest BCUT2D eigenvalue weighted by atomic mass is 16.3. The molecule has 8 aromatic rings. The van der Waals surface area contributed by atoms with Crippen LogP contribution in [-0.4, -0.2) is 0 Å². The van der Waals surface area contributed by atoms with Gasteiger partial charge in [0.1, 0.15) is 0 Å². The average Bonchev–Trinajstić information content (AvgIpc) is 3.62. The number of aromatic amines is 2. The number of H-pyrrole nitrogens is 2. The number of aromatic nitrogens is 2. The van der Waals surface area contributed by atoms with Gasteiger partial charge in [-0.25, -0.2) is 4.98 Å². The number of allylic oxidation sites excluding steroid dienone is 1. The predicted molar refractivity (Wildman–Crippen MR) is 194 cm³/mol. The third-order valence-corrected chi connectivity index (χ3v) is 9.71. The zero-order chi connectivity index (χ0) is 32.7. The second-order valence-electron chi connectivity index (χ2n) is 12.6. The van der Waals surface area contributed by atoms with Crippen molar-refractivity contribution < 1.29 is 14.4 Å². The van der Waals surface area contributed by atoms with Crippen molar-refractivity contribution in [3.63, 3.8) is 0 Å². The first-order valence-electron chi connectivity index (χ1n) is 16.6. The van der Waals surface area contributed by atoms with Gasteiger partial charge >= 0.3 is 5.89 Å². The predicted octanol–water partition coefficient (Wildman–Crippen LogP) is 10.1. The Labute approximate surface area is 284 Å². The van der Waals surface area contributed by atoms with Gasteiger partial charge in [-0.1, -0.05) is 84.9 Å². The van der Waals surface area contributed by atoms with Gasteiger partial charge < -0.3 is 4.42 Å². The van der Waals surface area contributed by atoms with Gasteiger partial charge in [0.2, 0.25) is 16.6 Å². The molecule has 4 heteroatoms. The molecular formula is C45H31N3O+2. The standard InChI is InChI=1S/C45H29N3O/c46-28-29-25-35(30-14-16-32(17-15-30)39-11-5-7-33-8-6-24-47-44(33)39)27-36(26-29)38-23-22-37(40-9-1-2-10-41(38)40)31-18-20-34(21-19-31)45-48-42-12-3-4-13-43(42)49-45/h1-21,23-27,37H,22H2/p+2. The number of fused-ring (bicyclic) bond motifs is 3. The summed E-state index contributed by atoms with van der Waals surface area (Å²) >= 11 is 0. The summed E-state index contributed by atoms with van der Waals surface area (Å²) in [6.45, 7) is 0. The van der Waals surface area contributed by atoms with Gasteiger partial charge in [0, 0.05) is 23.4 Å². The summed E-state index contributed by atoms with van der Waals surface area (Å²) in [7, 11) is 0. The molecule has 6 aromatic carbocycles. The zero-order valence-corrected chi connectivity index (χ0v) is 26.7. The number of para-hydroxylation sites is 3. The quantitative estimate of drug-likeness (QED) is 0.190. The van der Waals surface area contributed by atoms with Gasteiger partial charge in [0.05, 0.1) is 22.8 Å². The van der Waals surface area contributed by atoms with Crippen LogP contribution in [0.3, 0.4) is 0 Å². The van der Waals surface area contributed by atoms with E-state index in [1.807, 2.05) is 48.7 Å². The minimum absolute atomic E-state index is 0.228. The Morgan fingerprint density at radius 1 is 0.633 bits per heavy atom. The number of benzene rings is 6. The number of nitrogens with zero attached hydrogens (tertiary/aromatic N) is 1. The third kappa shape index (κ3) is 5.19. The molecule has 1 aliphatic rings. The molecule has 2 aromatic heterocycles. The van der Waals surface area contributed by atoms with E-state index in [9.17, 15) is 5.26 Å². The Balaban J connectivity index is 1.04. The lowest BCUT2D eigenvalue weighted by molar-refractivity contribution is -0.344. The molecule has 0 saturated carbocycles. The first kappa shape index (κ1) is 28.6. The summed E-state index contributed by atoms with van der Waals surface area (Å²) in [5.41, 5.74) is 15.0. The fraction of sp³-hybridized carbons (Fsp3) is 0.0444. The summed E-state index contributed by atoms with van der Waals surface area (Å²) in [6.07, 6.45) is 5.17. The van der Waals surface area contributed by atoms with Gasteiger partial charge in [-0.15, -0.1) is 0 Å². The number of oxazole rings is 1. The summed E-state index contributed by atoms with van der Waals surface area (Å²) < 4.78 is 6.07. The van der Waals surface area contributed by atoms with Gasteiger partial charge in [0.15, 0.2) is 6.20 Å². The van der Waals surface area contributed by atoms with Crippen molar-refractivity contribution in [2.45, 2.75) is 12.3 Å². The third-order valence-electron chi connectivity index (χ3n) is 9.71. The van der Waals surface area contributed by atoms with E-state index in [2.05, 4.69) is 125 Å². The van der Waals surface area contributed by atoms with Crippen LogP contribution in [0.15, 0.2) is 162 Å². The minimum Gasteiger partial charge on any atom is -0.398 e. The highest BCUT2D eigenvalue weighted by molar-refractivity contribution is 5.92. The van der Waals surface area contributed by atoms with E-state index in [0.717, 1.165) is 62.3 Å². The van der Waals surface area contributed by atoms with E-state index < -0.39 is 0 Å². The van der Waals surface area contributed by atoms with Crippen LogP contribution in [0.2, 0.25) is 0 Å². The molecule has 0 radical (unpaired) electrons. The SMILES string of the molecule is N#Cc1cc(C2=CCC(c3ccc(-c4[nH+]c5ccccc5o4)cc3)c3ccccc32)cc(-c2ccc(-c3cccc4ccc[nH+]c34)cc2)c1. The van der Waals surface area contributed by atoms with Crippen molar-refractivity contribution in [1.29, 1.82) is 5.26 Å². The topological polar surface area (TPSA) is 65.2 Å². The highest BCUT2D eigenvalue weighted by Crippen LogP contribution is 2.42. The fourth-order valence-electron chi connectivity index (χ4n) is 7.27. The number of pyridine rings is 1. The second kappa shape index (κ2) is 11.9. The summed E-state index contributed by atoms with van der Waals surface area (Å²) in [6, 6.07) is 53.2. The lowest BCUT2D eigenvalue weighted by Gasteiger charge is -2.27. The molecule has 9 rings (SSSR count). The number of nitrogens with one attached hydrogen (secondary N) is 2. The smallest absolute Gasteiger partial charge is 0.379 e. The highest BCUT2D eigenvalue weighted by Gasteiger charge is 2.25. The van der Waals surface area contributed by atoms with Crippen molar-refractivity contribution >= 4 is 27.6 Å². The molecule has 4 nitrogen and oxygen atoms in total. The van der Waals surface area contributed by atoms with Crippen molar-refractivity contribution in [3.05, 3.63) is 186 Å². The summed E-state index contributed by atoms with van der Waals surface area (Å²) in [5.74, 6) is 0.986. The van der Waals surface area contributed by atoms with Gasteiger partial charge in [-0.3, -0.25) is 0 Å². The molecule has 49 heavy (non-hydrogen) atoms. The second-order valence-corrected chi connectivity index (χ2v) is 12.6. The molecule has 1 aliphatic carbocycles. The molecule has 0 saturated heterocycles. The van der Waals surface area contributed by atoms with E-state index in [4.69, 9.17) is 4.42 Å². The molecule has 0 amide bonds. The van der Waals surface area contributed by atoms with Crippen LogP contribution < -0.4 is 9.97 Å². The zero-order valence-electron chi connectivity index (χ0n) is 26.7. The number of hydrogen-bond donors (Lipinski definition) is 0. The Morgan fingerprint density at radius 2 is 1.37 bits per heavy atom. The number of nitriles is 1. The molecule has 0 spiro atoms. The molecule has 0 bridgehead atoms. The Kier molecular flexibility index (Phi) is 6.96. The van der Waals surface area contributed by atoms with Crippen molar-refractivity contribution in [2.75, 3.05) is 0 Å². The Hall–Kier alpha value is -6.57. The Bertz CT molecular complexity index is 2550. The van der Waals surface area contributed by atoms with E-state index >= 15 is 0 Å². The normalized spacial score (nSPS) is 13.9. The first-order chi connectivity index (χ1) is 24.2. The molecule has 1 atom stereocenters. The van der Waals surface area contributed by atoms with E-state index in [1.165, 1.54) is 27.6 Å². The number of hydrogen-bond acceptors (Lipinski definition) is 2. The maximum absolute atomic E-state index is 10.1. The van der Waals surface area contributed by atoms with Crippen LogP contribution in [0, 0.1) is 11.3 Å². The largest absolute Gasteiger partial charge is 0.398 e. The average molecular weight is 630 g/mol. The summed E-state index contributed by atoms with van der Waals surface area (Å²) in [5, 5.41) is 11.3. The summed E-state index contributed by atoms with van der Waals surface area (Å²) in [4.78, 5) is 6.80.